The summed E-state index contributed by atoms with van der Waals surface area (Å²) in [7, 11) is 2.09. The third kappa shape index (κ3) is 11.6. The van der Waals surface area contributed by atoms with Crippen molar-refractivity contribution in [1.82, 2.24) is 14.9 Å². The molecule has 0 radical (unpaired) electrons. The molecule has 310 valence electrons. The Balaban J connectivity index is 0.000000256. The van der Waals surface area contributed by atoms with Gasteiger partial charge in [0.15, 0.2) is 0 Å². The fourth-order valence-corrected chi connectivity index (χ4v) is 6.00. The lowest BCUT2D eigenvalue weighted by molar-refractivity contribution is -0.142. The number of likely N-dealkylation sites (N-methyl/N-ethyl adjacent to an activating group) is 1. The van der Waals surface area contributed by atoms with Gasteiger partial charge < -0.3 is 31.5 Å². The highest BCUT2D eigenvalue weighted by Crippen LogP contribution is 2.31. The maximum Gasteiger partial charge on any atom is 0.433 e. The molecule has 5 aromatic rings. The average Bonchev–Trinajstić information content (AvgIpc) is 3.17. The normalized spacial score (nSPS) is 13.2. The van der Waals surface area contributed by atoms with Crippen LogP contribution in [0.15, 0.2) is 84.9 Å². The summed E-state index contributed by atoms with van der Waals surface area (Å²) in [6.45, 7) is 6.44. The van der Waals surface area contributed by atoms with Crippen LogP contribution in [0.5, 0.6) is 0 Å². The zero-order chi connectivity index (χ0) is 43.2. The van der Waals surface area contributed by atoms with Crippen LogP contribution in [0, 0.1) is 13.8 Å². The van der Waals surface area contributed by atoms with Gasteiger partial charge in [-0.3, -0.25) is 14.4 Å². The summed E-state index contributed by atoms with van der Waals surface area (Å²) < 4.78 is 76.2. The van der Waals surface area contributed by atoms with Crippen LogP contribution in [0.25, 0.3) is 0 Å². The molecule has 1 fully saturated rings. The van der Waals surface area contributed by atoms with Gasteiger partial charge in [0.05, 0.1) is 43.9 Å². The third-order valence-corrected chi connectivity index (χ3v) is 9.64. The number of nitrogens with one attached hydrogen (secondary N) is 3. The number of aromatic nitrogens is 2. The SMILES string of the molecule is Cc1nc(C(F)(F)F)ccc1C(=O)Nc1ccc(Cl)c(N)c1.Cc1nc(C(F)(F)F)ccc1C(=O)Nc1ccc(Cl)c(NC(=O)c2ccc(N3CCN(C)CC3)cc2)c1. The van der Waals surface area contributed by atoms with E-state index in [-0.39, 0.29) is 44.8 Å². The topological polar surface area (TPSA) is 146 Å². The fraction of sp³-hybridized carbons (Fsp3) is 0.225. The van der Waals surface area contributed by atoms with Crippen molar-refractivity contribution >= 4 is 69.4 Å². The lowest BCUT2D eigenvalue weighted by atomic mass is 10.1. The molecule has 3 heterocycles. The molecule has 0 saturated carbocycles. The highest BCUT2D eigenvalue weighted by Gasteiger charge is 2.34. The van der Waals surface area contributed by atoms with Crippen molar-refractivity contribution in [2.75, 3.05) is 59.8 Å². The molecule has 6 rings (SSSR count). The van der Waals surface area contributed by atoms with E-state index in [0.29, 0.717) is 22.0 Å². The van der Waals surface area contributed by atoms with E-state index in [1.807, 2.05) is 12.1 Å². The number of carbonyl (C=O) groups excluding carboxylic acids is 3. The molecule has 1 aliphatic rings. The zero-order valence-electron chi connectivity index (χ0n) is 31.5. The van der Waals surface area contributed by atoms with E-state index in [4.69, 9.17) is 28.9 Å². The smallest absolute Gasteiger partial charge is 0.397 e. The minimum absolute atomic E-state index is 0.00558. The van der Waals surface area contributed by atoms with Crippen molar-refractivity contribution in [2.24, 2.45) is 0 Å². The van der Waals surface area contributed by atoms with Crippen LogP contribution >= 0.6 is 23.2 Å². The van der Waals surface area contributed by atoms with E-state index in [0.717, 1.165) is 56.1 Å². The lowest BCUT2D eigenvalue weighted by Crippen LogP contribution is -2.44. The molecule has 0 spiro atoms. The Morgan fingerprint density at radius 3 is 1.56 bits per heavy atom. The van der Waals surface area contributed by atoms with Crippen LogP contribution in [0.1, 0.15) is 53.8 Å². The van der Waals surface area contributed by atoms with Crippen LogP contribution in [0.3, 0.4) is 0 Å². The van der Waals surface area contributed by atoms with Gasteiger partial charge in [-0.15, -0.1) is 0 Å². The summed E-state index contributed by atoms with van der Waals surface area (Å²) in [6.07, 6.45) is -9.15. The number of carbonyl (C=O) groups is 3. The van der Waals surface area contributed by atoms with Crippen molar-refractivity contribution < 1.29 is 40.7 Å². The fourth-order valence-electron chi connectivity index (χ4n) is 5.72. The summed E-state index contributed by atoms with van der Waals surface area (Å²) in [6, 6.07) is 19.9. The highest BCUT2D eigenvalue weighted by molar-refractivity contribution is 6.34. The Bertz CT molecular complexity index is 2350. The van der Waals surface area contributed by atoms with Crippen molar-refractivity contribution in [2.45, 2.75) is 26.2 Å². The van der Waals surface area contributed by atoms with E-state index < -0.39 is 35.6 Å². The van der Waals surface area contributed by atoms with Crippen LogP contribution in [-0.4, -0.2) is 65.8 Å². The molecule has 3 aromatic carbocycles. The number of rotatable bonds is 7. The van der Waals surface area contributed by atoms with Crippen LogP contribution in [-0.2, 0) is 12.4 Å². The molecule has 0 aliphatic carbocycles. The Hall–Kier alpha value is -5.91. The first-order chi connectivity index (χ1) is 27.7. The Kier molecular flexibility index (Phi) is 13.7. The number of halogens is 8. The van der Waals surface area contributed by atoms with Gasteiger partial charge in [0.2, 0.25) is 0 Å². The minimum atomic E-state index is -4.60. The standard InChI is InChI=1S/C26H25ClF3N5O2.C14H11ClF3N3O/c1-16-20(8-10-23(31-16)26(28,29)30)25(37)32-18-5-9-21(27)22(15-18)33-24(36)17-3-6-19(7-4-17)35-13-11-34(2)12-14-35;1-7-9(3-5-12(20-7)14(16,17)18)13(22)21-8-2-4-10(15)11(19)6-8/h3-10,15H,11-14H2,1-2H3,(H,32,37)(H,33,36);2-6H,19H2,1H3,(H,21,22). The monoisotopic (exact) mass is 860 g/mol. The summed E-state index contributed by atoms with van der Waals surface area (Å²) in [5, 5.41) is 8.47. The number of aryl methyl sites for hydroxylation is 2. The van der Waals surface area contributed by atoms with Gasteiger partial charge >= 0.3 is 12.4 Å². The lowest BCUT2D eigenvalue weighted by Gasteiger charge is -2.34. The zero-order valence-corrected chi connectivity index (χ0v) is 33.0. The number of hydrogen-bond acceptors (Lipinski definition) is 8. The number of alkyl halides is 6. The molecule has 1 aliphatic heterocycles. The summed E-state index contributed by atoms with van der Waals surface area (Å²) in [5.74, 6) is -1.60. The molecule has 3 amide bonds. The first-order valence-corrected chi connectivity index (χ1v) is 18.4. The largest absolute Gasteiger partial charge is 0.433 e. The average molecular weight is 862 g/mol. The summed E-state index contributed by atoms with van der Waals surface area (Å²) >= 11 is 12.0. The van der Waals surface area contributed by atoms with Crippen molar-refractivity contribution in [3.8, 4) is 0 Å². The highest BCUT2D eigenvalue weighted by atomic mass is 35.5. The molecule has 1 saturated heterocycles. The second-order valence-corrected chi connectivity index (χ2v) is 14.1. The van der Waals surface area contributed by atoms with Crippen LogP contribution in [0.2, 0.25) is 10.0 Å². The molecule has 0 unspecified atom stereocenters. The van der Waals surface area contributed by atoms with Crippen molar-refractivity contribution in [3.63, 3.8) is 0 Å². The predicted molar refractivity (Wildman–Crippen MR) is 215 cm³/mol. The number of nitrogen functional groups attached to an aromatic ring is 1. The van der Waals surface area contributed by atoms with E-state index in [1.165, 1.54) is 50.2 Å². The maximum absolute atomic E-state index is 12.9. The van der Waals surface area contributed by atoms with E-state index in [2.05, 4.69) is 42.8 Å². The number of amides is 3. The number of pyridine rings is 2. The summed E-state index contributed by atoms with van der Waals surface area (Å²) in [5.41, 5.74) is 6.17. The van der Waals surface area contributed by atoms with Gasteiger partial charge in [-0.2, -0.15) is 26.3 Å². The predicted octanol–water partition coefficient (Wildman–Crippen LogP) is 9.22. The molecule has 59 heavy (non-hydrogen) atoms. The number of nitrogens with zero attached hydrogens (tertiary/aromatic N) is 4. The molecular weight excluding hydrogens is 825 g/mol. The molecule has 5 N–H and O–H groups in total. The van der Waals surface area contributed by atoms with Crippen molar-refractivity contribution in [3.05, 3.63) is 134 Å². The second kappa shape index (κ2) is 18.3. The molecule has 0 atom stereocenters. The third-order valence-electron chi connectivity index (χ3n) is 8.97. The summed E-state index contributed by atoms with van der Waals surface area (Å²) in [4.78, 5) is 49.0. The number of hydrogen-bond donors (Lipinski definition) is 4. The molecule has 0 bridgehead atoms. The second-order valence-electron chi connectivity index (χ2n) is 13.3. The van der Waals surface area contributed by atoms with Gasteiger partial charge in [0, 0.05) is 48.8 Å². The van der Waals surface area contributed by atoms with E-state index >= 15 is 0 Å². The number of piperazine rings is 1. The molecule has 11 nitrogen and oxygen atoms in total. The van der Waals surface area contributed by atoms with E-state index in [9.17, 15) is 40.7 Å². The van der Waals surface area contributed by atoms with Crippen LogP contribution in [0.4, 0.5) is 54.8 Å². The molecule has 19 heteroatoms. The minimum Gasteiger partial charge on any atom is -0.397 e. The number of anilines is 5. The Labute approximate surface area is 344 Å². The van der Waals surface area contributed by atoms with Gasteiger partial charge in [0.25, 0.3) is 17.7 Å². The van der Waals surface area contributed by atoms with E-state index in [1.54, 1.807) is 12.1 Å². The Morgan fingerprint density at radius 2 is 1.10 bits per heavy atom. The van der Waals surface area contributed by atoms with Gasteiger partial charge in [0.1, 0.15) is 11.4 Å². The first kappa shape index (κ1) is 44.2. The van der Waals surface area contributed by atoms with Crippen LogP contribution < -0.4 is 26.6 Å². The quantitative estimate of drug-likeness (QED) is 0.0937. The number of benzene rings is 3. The maximum atomic E-state index is 12.9. The van der Waals surface area contributed by atoms with Gasteiger partial charge in [-0.25, -0.2) is 9.97 Å². The van der Waals surface area contributed by atoms with Crippen molar-refractivity contribution in [1.29, 1.82) is 0 Å². The van der Waals surface area contributed by atoms with Gasteiger partial charge in [-0.05, 0) is 106 Å². The van der Waals surface area contributed by atoms with Gasteiger partial charge in [-0.1, -0.05) is 23.2 Å². The molecule has 2 aromatic heterocycles. The Morgan fingerprint density at radius 1 is 0.627 bits per heavy atom. The first-order valence-electron chi connectivity index (χ1n) is 17.6. The molecular formula is C40H36Cl2F6N8O3. The number of nitrogens with two attached hydrogens (primary N) is 1.